The number of nitrogens with one attached hydrogen (secondary N) is 3. The second kappa shape index (κ2) is 8.22. The van der Waals surface area contributed by atoms with E-state index in [1.54, 1.807) is 24.3 Å². The molecular formula is C18H21N3O3S. The van der Waals surface area contributed by atoms with Crippen molar-refractivity contribution in [1.82, 2.24) is 5.32 Å². The van der Waals surface area contributed by atoms with Crippen LogP contribution < -0.4 is 16.0 Å². The van der Waals surface area contributed by atoms with E-state index in [9.17, 15) is 9.59 Å². The molecule has 0 bridgehead atoms. The van der Waals surface area contributed by atoms with Crippen LogP contribution >= 0.6 is 11.8 Å². The SMILES string of the molecule is Cc1cc(NC(=O)CC2CSCCN2)ccc1NC(=O)c1ccco1. The third-order valence-corrected chi connectivity index (χ3v) is 5.06. The molecule has 7 heteroatoms. The van der Waals surface area contributed by atoms with E-state index >= 15 is 0 Å². The number of hydrogen-bond donors (Lipinski definition) is 3. The molecule has 3 rings (SSSR count). The van der Waals surface area contributed by atoms with Gasteiger partial charge in [-0.15, -0.1) is 0 Å². The number of rotatable bonds is 5. The van der Waals surface area contributed by atoms with Gasteiger partial charge in [-0.25, -0.2) is 0 Å². The summed E-state index contributed by atoms with van der Waals surface area (Å²) in [6, 6.07) is 8.91. The highest BCUT2D eigenvalue weighted by Crippen LogP contribution is 2.21. The number of benzene rings is 1. The summed E-state index contributed by atoms with van der Waals surface area (Å²) in [6.45, 7) is 2.83. The Balaban J connectivity index is 1.57. The summed E-state index contributed by atoms with van der Waals surface area (Å²) in [7, 11) is 0. The summed E-state index contributed by atoms with van der Waals surface area (Å²) in [5.74, 6) is 2.01. The molecule has 1 aliphatic heterocycles. The fourth-order valence-electron chi connectivity index (χ4n) is 2.66. The van der Waals surface area contributed by atoms with E-state index in [0.29, 0.717) is 12.1 Å². The van der Waals surface area contributed by atoms with E-state index in [-0.39, 0.29) is 23.6 Å². The summed E-state index contributed by atoms with van der Waals surface area (Å²) < 4.78 is 5.08. The number of thioether (sulfide) groups is 1. The van der Waals surface area contributed by atoms with Crippen molar-refractivity contribution in [3.8, 4) is 0 Å². The topological polar surface area (TPSA) is 83.4 Å². The van der Waals surface area contributed by atoms with Crippen molar-refractivity contribution in [2.75, 3.05) is 28.7 Å². The second-order valence-corrected chi connectivity index (χ2v) is 7.09. The largest absolute Gasteiger partial charge is 0.459 e. The van der Waals surface area contributed by atoms with Crippen molar-refractivity contribution >= 4 is 35.0 Å². The van der Waals surface area contributed by atoms with Gasteiger partial charge in [0, 0.05) is 41.9 Å². The van der Waals surface area contributed by atoms with Crippen molar-refractivity contribution < 1.29 is 14.0 Å². The Bertz CT molecular complexity index is 740. The van der Waals surface area contributed by atoms with E-state index in [1.165, 1.54) is 6.26 Å². The van der Waals surface area contributed by atoms with Gasteiger partial charge in [0.25, 0.3) is 5.91 Å². The zero-order chi connectivity index (χ0) is 17.6. The third kappa shape index (κ3) is 4.87. The minimum atomic E-state index is -0.300. The third-order valence-electron chi connectivity index (χ3n) is 3.93. The Kier molecular flexibility index (Phi) is 5.78. The van der Waals surface area contributed by atoms with Crippen LogP contribution in [-0.4, -0.2) is 35.9 Å². The number of carbonyl (C=O) groups is 2. The van der Waals surface area contributed by atoms with E-state index in [4.69, 9.17) is 4.42 Å². The lowest BCUT2D eigenvalue weighted by Crippen LogP contribution is -2.39. The van der Waals surface area contributed by atoms with Gasteiger partial charge in [0.05, 0.1) is 6.26 Å². The van der Waals surface area contributed by atoms with E-state index in [1.807, 2.05) is 24.8 Å². The van der Waals surface area contributed by atoms with E-state index < -0.39 is 0 Å². The van der Waals surface area contributed by atoms with Gasteiger partial charge >= 0.3 is 0 Å². The Morgan fingerprint density at radius 1 is 1.32 bits per heavy atom. The first-order chi connectivity index (χ1) is 12.1. The van der Waals surface area contributed by atoms with Crippen LogP contribution in [0.1, 0.15) is 22.5 Å². The van der Waals surface area contributed by atoms with Gasteiger partial charge in [-0.1, -0.05) is 0 Å². The Hall–Kier alpha value is -2.25. The summed E-state index contributed by atoms with van der Waals surface area (Å²) in [5.41, 5.74) is 2.27. The summed E-state index contributed by atoms with van der Waals surface area (Å²) in [4.78, 5) is 24.2. The highest BCUT2D eigenvalue weighted by molar-refractivity contribution is 7.99. The van der Waals surface area contributed by atoms with Gasteiger partial charge in [0.2, 0.25) is 5.91 Å². The van der Waals surface area contributed by atoms with Crippen molar-refractivity contribution in [3.05, 3.63) is 47.9 Å². The Labute approximate surface area is 150 Å². The standard InChI is InChI=1S/C18H21N3O3S/c1-12-9-13(20-17(22)10-14-11-25-8-6-19-14)4-5-15(12)21-18(23)16-3-2-7-24-16/h2-5,7,9,14,19H,6,8,10-11H2,1H3,(H,20,22)(H,21,23). The monoisotopic (exact) mass is 359 g/mol. The summed E-state index contributed by atoms with van der Waals surface area (Å²) >= 11 is 1.87. The molecule has 0 spiro atoms. The van der Waals surface area contributed by atoms with Gasteiger partial charge in [-0.2, -0.15) is 11.8 Å². The molecule has 0 radical (unpaired) electrons. The van der Waals surface area contributed by atoms with Crippen LogP contribution in [0.4, 0.5) is 11.4 Å². The van der Waals surface area contributed by atoms with Crippen molar-refractivity contribution in [2.45, 2.75) is 19.4 Å². The zero-order valence-corrected chi connectivity index (χ0v) is 14.8. The van der Waals surface area contributed by atoms with E-state index in [0.717, 1.165) is 29.3 Å². The lowest BCUT2D eigenvalue weighted by molar-refractivity contribution is -0.116. The Morgan fingerprint density at radius 3 is 2.88 bits per heavy atom. The Morgan fingerprint density at radius 2 is 2.20 bits per heavy atom. The van der Waals surface area contributed by atoms with Crippen molar-refractivity contribution in [3.63, 3.8) is 0 Å². The maximum atomic E-state index is 12.2. The average molecular weight is 359 g/mol. The number of hydrogen-bond acceptors (Lipinski definition) is 5. The van der Waals surface area contributed by atoms with Crippen LogP contribution in [-0.2, 0) is 4.79 Å². The molecule has 2 amide bonds. The molecule has 25 heavy (non-hydrogen) atoms. The van der Waals surface area contributed by atoms with Crippen LogP contribution in [0.25, 0.3) is 0 Å². The molecule has 2 heterocycles. The fourth-order valence-corrected chi connectivity index (χ4v) is 3.61. The van der Waals surface area contributed by atoms with Crippen molar-refractivity contribution in [2.24, 2.45) is 0 Å². The number of amides is 2. The predicted octanol–water partition coefficient (Wildman–Crippen LogP) is 2.87. The highest BCUT2D eigenvalue weighted by atomic mass is 32.2. The van der Waals surface area contributed by atoms with Crippen LogP contribution in [0.5, 0.6) is 0 Å². The maximum Gasteiger partial charge on any atom is 0.291 e. The molecular weight excluding hydrogens is 338 g/mol. The minimum Gasteiger partial charge on any atom is -0.459 e. The molecule has 1 atom stereocenters. The number of carbonyl (C=O) groups excluding carboxylic acids is 2. The van der Waals surface area contributed by atoms with Crippen LogP contribution in [0.2, 0.25) is 0 Å². The van der Waals surface area contributed by atoms with E-state index in [2.05, 4.69) is 16.0 Å². The predicted molar refractivity (Wildman–Crippen MR) is 100 cm³/mol. The second-order valence-electron chi connectivity index (χ2n) is 5.94. The molecule has 6 nitrogen and oxygen atoms in total. The van der Waals surface area contributed by atoms with Crippen LogP contribution in [0.3, 0.4) is 0 Å². The van der Waals surface area contributed by atoms with Gasteiger partial charge in [-0.3, -0.25) is 9.59 Å². The molecule has 2 aromatic rings. The van der Waals surface area contributed by atoms with Gasteiger partial charge in [0.15, 0.2) is 5.76 Å². The molecule has 1 aromatic carbocycles. The molecule has 0 saturated carbocycles. The molecule has 0 aliphatic carbocycles. The molecule has 1 aliphatic rings. The average Bonchev–Trinajstić information content (AvgIpc) is 3.13. The van der Waals surface area contributed by atoms with Gasteiger partial charge in [0.1, 0.15) is 0 Å². The number of anilines is 2. The molecule has 3 N–H and O–H groups in total. The molecule has 1 unspecified atom stereocenters. The molecule has 132 valence electrons. The first-order valence-electron chi connectivity index (χ1n) is 8.18. The van der Waals surface area contributed by atoms with Crippen LogP contribution in [0.15, 0.2) is 41.0 Å². The lowest BCUT2D eigenvalue weighted by atomic mass is 10.1. The normalized spacial score (nSPS) is 17.1. The fraction of sp³-hybridized carbons (Fsp3) is 0.333. The minimum absolute atomic E-state index is 0.00762. The summed E-state index contributed by atoms with van der Waals surface area (Å²) in [6.07, 6.45) is 1.92. The van der Waals surface area contributed by atoms with Crippen LogP contribution in [0, 0.1) is 6.92 Å². The summed E-state index contributed by atoms with van der Waals surface area (Å²) in [5, 5.41) is 9.07. The number of furan rings is 1. The smallest absolute Gasteiger partial charge is 0.291 e. The van der Waals surface area contributed by atoms with Crippen molar-refractivity contribution in [1.29, 1.82) is 0 Å². The first kappa shape index (κ1) is 17.6. The van der Waals surface area contributed by atoms with Gasteiger partial charge < -0.3 is 20.4 Å². The quantitative estimate of drug-likeness (QED) is 0.765. The molecule has 1 aromatic heterocycles. The molecule has 1 saturated heterocycles. The zero-order valence-electron chi connectivity index (χ0n) is 14.0. The van der Waals surface area contributed by atoms with Gasteiger partial charge in [-0.05, 0) is 42.8 Å². The number of aryl methyl sites for hydroxylation is 1. The first-order valence-corrected chi connectivity index (χ1v) is 9.34. The highest BCUT2D eigenvalue weighted by Gasteiger charge is 2.17. The lowest BCUT2D eigenvalue weighted by Gasteiger charge is -2.22. The maximum absolute atomic E-state index is 12.2. The molecule has 1 fully saturated rings.